The van der Waals surface area contributed by atoms with Crippen molar-refractivity contribution in [2.24, 2.45) is 0 Å². The van der Waals surface area contributed by atoms with Crippen molar-refractivity contribution in [3.63, 3.8) is 0 Å². The fourth-order valence-corrected chi connectivity index (χ4v) is 6.00. The van der Waals surface area contributed by atoms with Gasteiger partial charge in [-0.3, -0.25) is 19.6 Å². The zero-order valence-corrected chi connectivity index (χ0v) is 38.7. The van der Waals surface area contributed by atoms with E-state index in [2.05, 4.69) is 23.8 Å². The summed E-state index contributed by atoms with van der Waals surface area (Å²) in [7, 11) is 0. The van der Waals surface area contributed by atoms with Gasteiger partial charge in [0.2, 0.25) is 0 Å². The summed E-state index contributed by atoms with van der Waals surface area (Å²) >= 11 is 0. The Hall–Kier alpha value is -4.06. The maximum atomic E-state index is 12.4. The van der Waals surface area contributed by atoms with E-state index in [9.17, 15) is 19.2 Å². The molecule has 64 heavy (non-hydrogen) atoms. The van der Waals surface area contributed by atoms with Crippen molar-refractivity contribution >= 4 is 23.9 Å². The number of carbonyl (C=O) groups is 4. The molecular weight excluding hydrogens is 829 g/mol. The van der Waals surface area contributed by atoms with Crippen LogP contribution in [0.4, 0.5) is 0 Å². The average Bonchev–Trinajstić information content (AvgIpc) is 3.31. The van der Waals surface area contributed by atoms with Crippen molar-refractivity contribution in [2.45, 2.75) is 117 Å². The first-order valence-electron chi connectivity index (χ1n) is 23.5. The molecule has 2 aromatic rings. The summed E-state index contributed by atoms with van der Waals surface area (Å²) < 4.78 is 53.6. The van der Waals surface area contributed by atoms with Crippen LogP contribution in [0.15, 0.2) is 36.7 Å². The number of hydrogen-bond donors (Lipinski definition) is 0. The lowest BCUT2D eigenvalue weighted by Gasteiger charge is -2.09. The Kier molecular flexibility index (Phi) is 35.4. The molecule has 16 heteroatoms. The van der Waals surface area contributed by atoms with Gasteiger partial charge in [0.1, 0.15) is 26.4 Å². The summed E-state index contributed by atoms with van der Waals surface area (Å²) in [6, 6.07) is 6.47. The van der Waals surface area contributed by atoms with E-state index in [0.717, 1.165) is 25.7 Å². The third-order valence-corrected chi connectivity index (χ3v) is 9.62. The molecule has 2 rings (SSSR count). The normalized spacial score (nSPS) is 11.1. The van der Waals surface area contributed by atoms with Gasteiger partial charge < -0.3 is 47.4 Å². The van der Waals surface area contributed by atoms with Gasteiger partial charge in [-0.25, -0.2) is 9.59 Å². The van der Waals surface area contributed by atoms with Gasteiger partial charge in [0, 0.05) is 25.2 Å². The smallest absolute Gasteiger partial charge is 0.339 e. The minimum atomic E-state index is -0.534. The molecule has 2 aromatic heterocycles. The number of carbonyl (C=O) groups excluding carboxylic acids is 4. The standard InChI is InChI=1S/C48H76N2O14/c1-3-5-7-9-11-13-15-17-45(51)61-35-31-57-27-23-55-25-29-59-33-37-63-47(53)41-19-21-43(49-39-41)44-22-20-42(40-50-44)48(54)64-38-34-60-30-26-56-24-28-58-32-36-62-46(52)18-16-14-12-10-8-6-4-2/h19-22,39-40H,3-18,23-38H2,1-2H3. The van der Waals surface area contributed by atoms with Gasteiger partial charge in [-0.05, 0) is 37.1 Å². The van der Waals surface area contributed by atoms with E-state index in [4.69, 9.17) is 47.4 Å². The molecule has 0 aliphatic carbocycles. The van der Waals surface area contributed by atoms with E-state index in [1.807, 2.05) is 0 Å². The Morgan fingerprint density at radius 1 is 0.359 bits per heavy atom. The van der Waals surface area contributed by atoms with Gasteiger partial charge >= 0.3 is 23.9 Å². The van der Waals surface area contributed by atoms with Crippen LogP contribution in [0.1, 0.15) is 137 Å². The molecule has 0 unspecified atom stereocenters. The second kappa shape index (κ2) is 40.4. The molecule has 0 atom stereocenters. The Morgan fingerprint density at radius 3 is 0.938 bits per heavy atom. The monoisotopic (exact) mass is 905 g/mol. The van der Waals surface area contributed by atoms with Crippen molar-refractivity contribution < 1.29 is 66.5 Å². The number of nitrogens with zero attached hydrogens (tertiary/aromatic N) is 2. The topological polar surface area (TPSA) is 186 Å². The van der Waals surface area contributed by atoms with Gasteiger partial charge in [0.05, 0.1) is 102 Å². The van der Waals surface area contributed by atoms with E-state index >= 15 is 0 Å². The summed E-state index contributed by atoms with van der Waals surface area (Å²) in [5.41, 5.74) is 1.58. The van der Waals surface area contributed by atoms with Crippen LogP contribution in [-0.2, 0) is 57.0 Å². The van der Waals surface area contributed by atoms with Crippen LogP contribution in [-0.4, -0.2) is 140 Å². The molecule has 362 valence electrons. The fraction of sp³-hybridized carbons (Fsp3) is 0.708. The summed E-state index contributed by atoms with van der Waals surface area (Å²) in [5.74, 6) is -1.42. The molecule has 0 saturated heterocycles. The van der Waals surface area contributed by atoms with Crippen LogP contribution in [0.5, 0.6) is 0 Å². The lowest BCUT2D eigenvalue weighted by atomic mass is 10.1. The number of rotatable bonds is 43. The fourth-order valence-electron chi connectivity index (χ4n) is 6.00. The third-order valence-electron chi connectivity index (χ3n) is 9.62. The summed E-state index contributed by atoms with van der Waals surface area (Å²) in [4.78, 5) is 57.1. The average molecular weight is 905 g/mol. The Balaban J connectivity index is 1.40. The summed E-state index contributed by atoms with van der Waals surface area (Å²) in [5, 5.41) is 0. The molecule has 0 amide bonds. The van der Waals surface area contributed by atoms with Crippen molar-refractivity contribution in [1.82, 2.24) is 9.97 Å². The quantitative estimate of drug-likeness (QED) is 0.0354. The van der Waals surface area contributed by atoms with Crippen LogP contribution in [0.3, 0.4) is 0 Å². The van der Waals surface area contributed by atoms with Crippen LogP contribution < -0.4 is 0 Å². The zero-order valence-electron chi connectivity index (χ0n) is 38.7. The summed E-state index contributed by atoms with van der Waals surface area (Å²) in [6.07, 6.45) is 20.0. The molecule has 0 aromatic carbocycles. The molecule has 0 spiro atoms. The highest BCUT2D eigenvalue weighted by Crippen LogP contribution is 2.16. The SMILES string of the molecule is CCCCCCCCCC(=O)OCCOCCOCCOCCOC(=O)c1ccc(-c2ccc(C(=O)OCCOCCOCCOCCOC(=O)CCCCCCCCC)cn2)nc1. The molecule has 0 aliphatic heterocycles. The first-order chi connectivity index (χ1) is 31.4. The number of ether oxygens (including phenoxy) is 10. The van der Waals surface area contributed by atoms with Crippen molar-refractivity contribution in [2.75, 3.05) is 106 Å². The molecule has 0 aliphatic rings. The molecule has 0 N–H and O–H groups in total. The second-order valence-corrected chi connectivity index (χ2v) is 15.0. The first kappa shape index (κ1) is 56.1. The minimum absolute atomic E-state index is 0.0688. The maximum absolute atomic E-state index is 12.4. The van der Waals surface area contributed by atoms with E-state index in [-0.39, 0.29) is 62.7 Å². The molecular formula is C48H76N2O14. The number of hydrogen-bond acceptors (Lipinski definition) is 16. The highest BCUT2D eigenvalue weighted by Gasteiger charge is 2.12. The molecule has 0 bridgehead atoms. The predicted molar refractivity (Wildman–Crippen MR) is 240 cm³/mol. The van der Waals surface area contributed by atoms with Gasteiger partial charge in [0.15, 0.2) is 0 Å². The Morgan fingerprint density at radius 2 is 0.641 bits per heavy atom. The number of esters is 4. The van der Waals surface area contributed by atoms with Crippen LogP contribution in [0.25, 0.3) is 11.4 Å². The van der Waals surface area contributed by atoms with Gasteiger partial charge in [-0.1, -0.05) is 90.9 Å². The summed E-state index contributed by atoms with van der Waals surface area (Å²) in [6.45, 7) is 9.01. The number of unbranched alkanes of at least 4 members (excludes halogenated alkanes) is 12. The Labute approximate surface area is 381 Å². The van der Waals surface area contributed by atoms with Gasteiger partial charge in [-0.2, -0.15) is 0 Å². The van der Waals surface area contributed by atoms with E-state index in [1.54, 1.807) is 24.3 Å². The lowest BCUT2D eigenvalue weighted by Crippen LogP contribution is -2.15. The molecule has 0 radical (unpaired) electrons. The maximum Gasteiger partial charge on any atom is 0.339 e. The largest absolute Gasteiger partial charge is 0.463 e. The van der Waals surface area contributed by atoms with E-state index < -0.39 is 11.9 Å². The predicted octanol–water partition coefficient (Wildman–Crippen LogP) is 7.92. The van der Waals surface area contributed by atoms with E-state index in [0.29, 0.717) is 90.3 Å². The number of aromatic nitrogens is 2. The van der Waals surface area contributed by atoms with E-state index in [1.165, 1.54) is 76.6 Å². The minimum Gasteiger partial charge on any atom is -0.463 e. The highest BCUT2D eigenvalue weighted by atomic mass is 16.6. The second-order valence-electron chi connectivity index (χ2n) is 15.0. The van der Waals surface area contributed by atoms with Crippen molar-refractivity contribution in [1.29, 1.82) is 0 Å². The van der Waals surface area contributed by atoms with Gasteiger partial charge in [-0.15, -0.1) is 0 Å². The molecule has 16 nitrogen and oxygen atoms in total. The highest BCUT2D eigenvalue weighted by molar-refractivity contribution is 5.90. The van der Waals surface area contributed by atoms with Crippen LogP contribution in [0, 0.1) is 0 Å². The van der Waals surface area contributed by atoms with Crippen molar-refractivity contribution in [3.05, 3.63) is 47.8 Å². The molecule has 2 heterocycles. The van der Waals surface area contributed by atoms with Gasteiger partial charge in [0.25, 0.3) is 0 Å². The first-order valence-corrected chi connectivity index (χ1v) is 23.5. The molecule has 0 saturated carbocycles. The zero-order chi connectivity index (χ0) is 46.0. The van der Waals surface area contributed by atoms with Crippen molar-refractivity contribution in [3.8, 4) is 11.4 Å². The van der Waals surface area contributed by atoms with Crippen LogP contribution in [0.2, 0.25) is 0 Å². The Bertz CT molecular complexity index is 1350. The third kappa shape index (κ3) is 30.9. The molecule has 0 fully saturated rings. The lowest BCUT2D eigenvalue weighted by molar-refractivity contribution is -0.146. The van der Waals surface area contributed by atoms with Crippen LogP contribution >= 0.6 is 0 Å². The number of pyridine rings is 2.